The van der Waals surface area contributed by atoms with Crippen molar-refractivity contribution in [1.29, 1.82) is 0 Å². The summed E-state index contributed by atoms with van der Waals surface area (Å²) < 4.78 is 5.82. The fourth-order valence-corrected chi connectivity index (χ4v) is 3.56. The lowest BCUT2D eigenvalue weighted by molar-refractivity contribution is -0.113. The van der Waals surface area contributed by atoms with Crippen LogP contribution in [-0.4, -0.2) is 25.8 Å². The van der Waals surface area contributed by atoms with Gasteiger partial charge in [-0.3, -0.25) is 0 Å². The highest BCUT2D eigenvalue weighted by Crippen LogP contribution is 2.43. The SMILES string of the molecule is CNC(C1CCCCC1)C1(OC)CCC1. The lowest BCUT2D eigenvalue weighted by atomic mass is 9.67. The largest absolute Gasteiger partial charge is 0.377 e. The molecule has 15 heavy (non-hydrogen) atoms. The molecule has 1 atom stereocenters. The summed E-state index contributed by atoms with van der Waals surface area (Å²) in [7, 11) is 4.00. The van der Waals surface area contributed by atoms with Gasteiger partial charge in [0, 0.05) is 13.2 Å². The molecule has 2 rings (SSSR count). The molecule has 0 spiro atoms. The van der Waals surface area contributed by atoms with E-state index in [0.29, 0.717) is 6.04 Å². The minimum Gasteiger partial charge on any atom is -0.377 e. The minimum absolute atomic E-state index is 0.177. The fourth-order valence-electron chi connectivity index (χ4n) is 3.56. The van der Waals surface area contributed by atoms with Crippen molar-refractivity contribution in [2.75, 3.05) is 14.2 Å². The van der Waals surface area contributed by atoms with Gasteiger partial charge >= 0.3 is 0 Å². The Morgan fingerprint density at radius 1 is 1.13 bits per heavy atom. The summed E-state index contributed by atoms with van der Waals surface area (Å²) in [5.74, 6) is 0.851. The molecule has 2 nitrogen and oxygen atoms in total. The van der Waals surface area contributed by atoms with E-state index in [1.54, 1.807) is 0 Å². The van der Waals surface area contributed by atoms with Crippen LogP contribution >= 0.6 is 0 Å². The number of ether oxygens (including phenoxy) is 1. The average Bonchev–Trinajstić information content (AvgIpc) is 2.24. The van der Waals surface area contributed by atoms with E-state index < -0.39 is 0 Å². The molecule has 0 heterocycles. The Kier molecular flexibility index (Phi) is 3.68. The van der Waals surface area contributed by atoms with Gasteiger partial charge in [0.25, 0.3) is 0 Å². The van der Waals surface area contributed by atoms with Crippen LogP contribution in [0.4, 0.5) is 0 Å². The van der Waals surface area contributed by atoms with Crippen molar-refractivity contribution in [3.8, 4) is 0 Å². The maximum atomic E-state index is 5.82. The molecule has 0 bridgehead atoms. The van der Waals surface area contributed by atoms with Gasteiger partial charge in [-0.2, -0.15) is 0 Å². The molecule has 2 heteroatoms. The van der Waals surface area contributed by atoms with Crippen molar-refractivity contribution >= 4 is 0 Å². The standard InChI is InChI=1S/C13H25NO/c1-14-12(11-7-4-3-5-8-11)13(15-2)9-6-10-13/h11-12,14H,3-10H2,1-2H3. The molecule has 2 aliphatic rings. The number of rotatable bonds is 4. The van der Waals surface area contributed by atoms with E-state index in [2.05, 4.69) is 12.4 Å². The van der Waals surface area contributed by atoms with Gasteiger partial charge in [0.15, 0.2) is 0 Å². The van der Waals surface area contributed by atoms with Gasteiger partial charge < -0.3 is 10.1 Å². The molecule has 0 aromatic heterocycles. The van der Waals surface area contributed by atoms with E-state index >= 15 is 0 Å². The Bertz CT molecular complexity index is 189. The Balaban J connectivity index is 2.01. The van der Waals surface area contributed by atoms with E-state index in [4.69, 9.17) is 4.74 Å². The number of hydrogen-bond donors (Lipinski definition) is 1. The summed E-state index contributed by atoms with van der Waals surface area (Å²) in [6.45, 7) is 0. The third-order valence-corrected chi connectivity index (χ3v) is 4.61. The molecule has 0 aromatic carbocycles. The molecule has 2 fully saturated rings. The number of likely N-dealkylation sites (N-methyl/N-ethyl adjacent to an activating group) is 1. The van der Waals surface area contributed by atoms with E-state index in [1.807, 2.05) is 7.11 Å². The first-order valence-corrected chi connectivity index (χ1v) is 6.55. The van der Waals surface area contributed by atoms with Crippen molar-refractivity contribution in [2.45, 2.75) is 63.0 Å². The van der Waals surface area contributed by atoms with Gasteiger partial charge in [0.05, 0.1) is 5.60 Å². The highest BCUT2D eigenvalue weighted by Gasteiger charge is 2.46. The summed E-state index contributed by atoms with van der Waals surface area (Å²) in [5.41, 5.74) is 0.177. The molecule has 88 valence electrons. The second kappa shape index (κ2) is 4.84. The van der Waals surface area contributed by atoms with Crippen LogP contribution in [0, 0.1) is 5.92 Å². The van der Waals surface area contributed by atoms with Crippen molar-refractivity contribution in [1.82, 2.24) is 5.32 Å². The summed E-state index contributed by atoms with van der Waals surface area (Å²) in [5, 5.41) is 3.54. The summed E-state index contributed by atoms with van der Waals surface area (Å²) in [4.78, 5) is 0. The maximum absolute atomic E-state index is 5.82. The second-order valence-electron chi connectivity index (χ2n) is 5.29. The third-order valence-electron chi connectivity index (χ3n) is 4.61. The van der Waals surface area contributed by atoms with Crippen LogP contribution in [0.1, 0.15) is 51.4 Å². The van der Waals surface area contributed by atoms with Crippen molar-refractivity contribution in [3.63, 3.8) is 0 Å². The first-order valence-electron chi connectivity index (χ1n) is 6.55. The number of methoxy groups -OCH3 is 1. The van der Waals surface area contributed by atoms with Crippen LogP contribution in [0.15, 0.2) is 0 Å². The summed E-state index contributed by atoms with van der Waals surface area (Å²) in [6, 6.07) is 0.594. The Labute approximate surface area is 93.8 Å². The quantitative estimate of drug-likeness (QED) is 0.772. The third kappa shape index (κ3) is 2.07. The van der Waals surface area contributed by atoms with Gasteiger partial charge in [0.2, 0.25) is 0 Å². The monoisotopic (exact) mass is 211 g/mol. The zero-order chi connectivity index (χ0) is 10.7. The van der Waals surface area contributed by atoms with Gasteiger partial charge in [-0.15, -0.1) is 0 Å². The number of nitrogens with one attached hydrogen (secondary N) is 1. The van der Waals surface area contributed by atoms with E-state index in [0.717, 1.165) is 5.92 Å². The van der Waals surface area contributed by atoms with E-state index in [1.165, 1.54) is 51.4 Å². The van der Waals surface area contributed by atoms with Crippen LogP contribution < -0.4 is 5.32 Å². The molecule has 2 saturated carbocycles. The predicted octanol–water partition coefficient (Wildman–Crippen LogP) is 2.72. The first kappa shape index (κ1) is 11.4. The molecule has 0 radical (unpaired) electrons. The Hall–Kier alpha value is -0.0800. The molecule has 1 N–H and O–H groups in total. The van der Waals surface area contributed by atoms with E-state index in [9.17, 15) is 0 Å². The van der Waals surface area contributed by atoms with Gasteiger partial charge in [-0.25, -0.2) is 0 Å². The zero-order valence-corrected chi connectivity index (χ0v) is 10.2. The highest BCUT2D eigenvalue weighted by molar-refractivity contribution is 5.02. The van der Waals surface area contributed by atoms with Crippen molar-refractivity contribution in [3.05, 3.63) is 0 Å². The first-order chi connectivity index (χ1) is 7.32. The minimum atomic E-state index is 0.177. The van der Waals surface area contributed by atoms with Crippen LogP contribution in [0.2, 0.25) is 0 Å². The second-order valence-corrected chi connectivity index (χ2v) is 5.29. The topological polar surface area (TPSA) is 21.3 Å². The highest BCUT2D eigenvalue weighted by atomic mass is 16.5. The smallest absolute Gasteiger partial charge is 0.0833 e. The van der Waals surface area contributed by atoms with Crippen LogP contribution in [0.3, 0.4) is 0 Å². The normalized spacial score (nSPS) is 28.4. The summed E-state index contributed by atoms with van der Waals surface area (Å²) in [6.07, 6.45) is 10.9. The molecule has 0 amide bonds. The lowest BCUT2D eigenvalue weighted by Crippen LogP contribution is -2.59. The van der Waals surface area contributed by atoms with Gasteiger partial charge in [0.1, 0.15) is 0 Å². The molecular weight excluding hydrogens is 186 g/mol. The fraction of sp³-hybridized carbons (Fsp3) is 1.00. The number of hydrogen-bond acceptors (Lipinski definition) is 2. The summed E-state index contributed by atoms with van der Waals surface area (Å²) >= 11 is 0. The van der Waals surface area contributed by atoms with Crippen molar-refractivity contribution < 1.29 is 4.74 Å². The van der Waals surface area contributed by atoms with Crippen LogP contribution in [-0.2, 0) is 4.74 Å². The molecule has 0 saturated heterocycles. The predicted molar refractivity (Wildman–Crippen MR) is 63.0 cm³/mol. The van der Waals surface area contributed by atoms with Gasteiger partial charge in [-0.05, 0) is 45.1 Å². The maximum Gasteiger partial charge on any atom is 0.0833 e. The lowest BCUT2D eigenvalue weighted by Gasteiger charge is -2.50. The Morgan fingerprint density at radius 2 is 1.80 bits per heavy atom. The molecule has 0 aromatic rings. The molecule has 0 aliphatic heterocycles. The molecular formula is C13H25NO. The van der Waals surface area contributed by atoms with Gasteiger partial charge in [-0.1, -0.05) is 19.3 Å². The zero-order valence-electron chi connectivity index (χ0n) is 10.2. The van der Waals surface area contributed by atoms with Crippen LogP contribution in [0.25, 0.3) is 0 Å². The Morgan fingerprint density at radius 3 is 2.20 bits per heavy atom. The van der Waals surface area contributed by atoms with E-state index in [-0.39, 0.29) is 5.60 Å². The molecule has 2 aliphatic carbocycles. The van der Waals surface area contributed by atoms with Crippen molar-refractivity contribution in [2.24, 2.45) is 5.92 Å². The van der Waals surface area contributed by atoms with Crippen LogP contribution in [0.5, 0.6) is 0 Å². The average molecular weight is 211 g/mol. The molecule has 1 unspecified atom stereocenters.